The lowest BCUT2D eigenvalue weighted by Crippen LogP contribution is -2.12. The summed E-state index contributed by atoms with van der Waals surface area (Å²) >= 11 is 0. The molecule has 4 aromatic rings. The van der Waals surface area contributed by atoms with Gasteiger partial charge in [0.15, 0.2) is 0 Å². The number of carbonyl (C=O) groups is 1. The summed E-state index contributed by atoms with van der Waals surface area (Å²) in [7, 11) is 0. The Morgan fingerprint density at radius 2 is 1.79 bits per heavy atom. The van der Waals surface area contributed by atoms with Gasteiger partial charge in [-0.25, -0.2) is 15.0 Å². The molecule has 0 radical (unpaired) electrons. The van der Waals surface area contributed by atoms with E-state index in [9.17, 15) is 4.79 Å². The van der Waals surface area contributed by atoms with Crippen molar-refractivity contribution in [1.29, 1.82) is 0 Å². The molecule has 2 heterocycles. The predicted octanol–water partition coefficient (Wildman–Crippen LogP) is 3.07. The third-order valence-electron chi connectivity index (χ3n) is 3.64. The molecule has 0 bridgehead atoms. The van der Waals surface area contributed by atoms with Crippen molar-refractivity contribution in [3.8, 4) is 5.95 Å². The number of fused-ring (bicyclic) bond motifs is 1. The van der Waals surface area contributed by atoms with Crippen LogP contribution in [0.25, 0.3) is 16.7 Å². The minimum absolute atomic E-state index is 0.195. The fourth-order valence-electron chi connectivity index (χ4n) is 2.43. The number of nitrogens with one attached hydrogen (secondary N) is 1. The Morgan fingerprint density at radius 3 is 2.54 bits per heavy atom. The van der Waals surface area contributed by atoms with Gasteiger partial charge in [-0.3, -0.25) is 9.36 Å². The molecule has 6 heteroatoms. The zero-order valence-corrected chi connectivity index (χ0v) is 12.6. The first kappa shape index (κ1) is 14.1. The highest BCUT2D eigenvalue weighted by Crippen LogP contribution is 2.16. The molecule has 6 nitrogen and oxygen atoms in total. The van der Waals surface area contributed by atoms with Gasteiger partial charge in [0.1, 0.15) is 6.33 Å². The summed E-state index contributed by atoms with van der Waals surface area (Å²) in [6.07, 6.45) is 8.16. The molecule has 2 aromatic carbocycles. The molecule has 0 saturated carbocycles. The molecule has 0 aliphatic heterocycles. The molecule has 24 heavy (non-hydrogen) atoms. The number of imidazole rings is 1. The van der Waals surface area contributed by atoms with Crippen molar-refractivity contribution in [2.45, 2.75) is 0 Å². The van der Waals surface area contributed by atoms with Gasteiger partial charge in [0.2, 0.25) is 5.95 Å². The Balaban J connectivity index is 1.54. The molecular formula is C18H13N5O. The summed E-state index contributed by atoms with van der Waals surface area (Å²) < 4.78 is 1.69. The Bertz CT molecular complexity index is 994. The molecule has 116 valence electrons. The second-order valence-electron chi connectivity index (χ2n) is 5.26. The van der Waals surface area contributed by atoms with E-state index in [4.69, 9.17) is 0 Å². The number of anilines is 1. The molecule has 0 saturated heterocycles. The molecule has 4 rings (SSSR count). The van der Waals surface area contributed by atoms with Crippen LogP contribution in [0.4, 0.5) is 5.69 Å². The van der Waals surface area contributed by atoms with Crippen LogP contribution in [-0.4, -0.2) is 25.4 Å². The predicted molar refractivity (Wildman–Crippen MR) is 91.1 cm³/mol. The van der Waals surface area contributed by atoms with Gasteiger partial charge in [0.25, 0.3) is 5.91 Å². The summed E-state index contributed by atoms with van der Waals surface area (Å²) in [5.74, 6) is 0.302. The zero-order chi connectivity index (χ0) is 16.4. The van der Waals surface area contributed by atoms with E-state index in [0.717, 1.165) is 10.8 Å². The fourth-order valence-corrected chi connectivity index (χ4v) is 2.43. The average molecular weight is 315 g/mol. The molecule has 0 atom stereocenters. The number of benzene rings is 2. The first-order valence-corrected chi connectivity index (χ1v) is 7.40. The smallest absolute Gasteiger partial charge is 0.255 e. The van der Waals surface area contributed by atoms with Gasteiger partial charge in [-0.15, -0.1) is 0 Å². The second kappa shape index (κ2) is 5.92. The third-order valence-corrected chi connectivity index (χ3v) is 3.64. The number of hydrogen-bond acceptors (Lipinski definition) is 4. The highest BCUT2D eigenvalue weighted by atomic mass is 16.1. The van der Waals surface area contributed by atoms with E-state index in [-0.39, 0.29) is 5.91 Å². The van der Waals surface area contributed by atoms with E-state index in [1.807, 2.05) is 36.4 Å². The zero-order valence-electron chi connectivity index (χ0n) is 12.6. The number of nitrogens with zero attached hydrogens (tertiary/aromatic N) is 4. The van der Waals surface area contributed by atoms with Crippen LogP contribution < -0.4 is 5.32 Å². The average Bonchev–Trinajstić information content (AvgIpc) is 3.16. The fraction of sp³-hybridized carbons (Fsp3) is 0. The van der Waals surface area contributed by atoms with E-state index in [2.05, 4.69) is 20.3 Å². The highest BCUT2D eigenvalue weighted by molar-refractivity contribution is 6.06. The van der Waals surface area contributed by atoms with Crippen LogP contribution in [0.15, 0.2) is 73.6 Å². The molecule has 0 spiro atoms. The van der Waals surface area contributed by atoms with Crippen LogP contribution in [0.2, 0.25) is 0 Å². The van der Waals surface area contributed by atoms with E-state index >= 15 is 0 Å². The molecule has 1 N–H and O–H groups in total. The lowest BCUT2D eigenvalue weighted by molar-refractivity contribution is 0.102. The maximum Gasteiger partial charge on any atom is 0.255 e. The molecular weight excluding hydrogens is 302 g/mol. The van der Waals surface area contributed by atoms with Crippen LogP contribution in [0.3, 0.4) is 0 Å². The van der Waals surface area contributed by atoms with Crippen LogP contribution in [0, 0.1) is 0 Å². The Labute approximate surface area is 137 Å². The molecule has 0 aliphatic rings. The summed E-state index contributed by atoms with van der Waals surface area (Å²) in [4.78, 5) is 24.8. The minimum atomic E-state index is -0.195. The standard InChI is InChI=1S/C18H13N5O/c24-17(15-6-5-13-3-1-2-4-14(13)9-15)22-16-10-20-18(21-11-16)23-8-7-19-12-23/h1-12H,(H,22,24). The van der Waals surface area contributed by atoms with Crippen molar-refractivity contribution in [3.63, 3.8) is 0 Å². The van der Waals surface area contributed by atoms with Crippen LogP contribution >= 0.6 is 0 Å². The van der Waals surface area contributed by atoms with Gasteiger partial charge in [-0.05, 0) is 22.9 Å². The number of hydrogen-bond donors (Lipinski definition) is 1. The third kappa shape index (κ3) is 2.72. The van der Waals surface area contributed by atoms with Crippen LogP contribution in [-0.2, 0) is 0 Å². The second-order valence-corrected chi connectivity index (χ2v) is 5.26. The summed E-state index contributed by atoms with van der Waals surface area (Å²) in [5.41, 5.74) is 1.13. The Hall–Kier alpha value is -3.54. The Morgan fingerprint density at radius 1 is 1.00 bits per heavy atom. The maximum atomic E-state index is 12.4. The molecule has 0 aliphatic carbocycles. The SMILES string of the molecule is O=C(Nc1cnc(-n2ccnc2)nc1)c1ccc2ccccc2c1. The lowest BCUT2D eigenvalue weighted by Gasteiger charge is -2.06. The minimum Gasteiger partial charge on any atom is -0.319 e. The van der Waals surface area contributed by atoms with Gasteiger partial charge in [-0.2, -0.15) is 0 Å². The maximum absolute atomic E-state index is 12.4. The first-order chi connectivity index (χ1) is 11.8. The number of amides is 1. The number of carbonyl (C=O) groups excluding carboxylic acids is 1. The lowest BCUT2D eigenvalue weighted by atomic mass is 10.1. The van der Waals surface area contributed by atoms with E-state index in [1.165, 1.54) is 0 Å². The topological polar surface area (TPSA) is 72.7 Å². The number of rotatable bonds is 3. The van der Waals surface area contributed by atoms with Crippen LogP contribution in [0.1, 0.15) is 10.4 Å². The van der Waals surface area contributed by atoms with Gasteiger partial charge in [0, 0.05) is 18.0 Å². The highest BCUT2D eigenvalue weighted by Gasteiger charge is 2.08. The van der Waals surface area contributed by atoms with Crippen LogP contribution in [0.5, 0.6) is 0 Å². The summed E-state index contributed by atoms with van der Waals surface area (Å²) in [5, 5.41) is 4.93. The summed E-state index contributed by atoms with van der Waals surface area (Å²) in [6, 6.07) is 13.5. The Kier molecular flexibility index (Phi) is 3.47. The van der Waals surface area contributed by atoms with Gasteiger partial charge >= 0.3 is 0 Å². The molecule has 0 fully saturated rings. The van der Waals surface area contributed by atoms with Crippen molar-refractivity contribution in [3.05, 3.63) is 79.1 Å². The first-order valence-electron chi connectivity index (χ1n) is 7.40. The van der Waals surface area contributed by atoms with Gasteiger partial charge in [-0.1, -0.05) is 30.3 Å². The van der Waals surface area contributed by atoms with E-state index < -0.39 is 0 Å². The van der Waals surface area contributed by atoms with Crippen molar-refractivity contribution < 1.29 is 4.79 Å². The van der Waals surface area contributed by atoms with E-state index in [1.54, 1.807) is 41.7 Å². The van der Waals surface area contributed by atoms with Gasteiger partial charge in [0.05, 0.1) is 18.1 Å². The van der Waals surface area contributed by atoms with Crippen molar-refractivity contribution in [1.82, 2.24) is 19.5 Å². The summed E-state index contributed by atoms with van der Waals surface area (Å²) in [6.45, 7) is 0. The quantitative estimate of drug-likeness (QED) is 0.630. The van der Waals surface area contributed by atoms with E-state index in [0.29, 0.717) is 17.2 Å². The van der Waals surface area contributed by atoms with Crippen molar-refractivity contribution in [2.24, 2.45) is 0 Å². The van der Waals surface area contributed by atoms with Gasteiger partial charge < -0.3 is 5.32 Å². The largest absolute Gasteiger partial charge is 0.319 e. The monoisotopic (exact) mass is 315 g/mol. The molecule has 0 unspecified atom stereocenters. The van der Waals surface area contributed by atoms with Crippen molar-refractivity contribution in [2.75, 3.05) is 5.32 Å². The number of aromatic nitrogens is 4. The molecule has 1 amide bonds. The van der Waals surface area contributed by atoms with Crippen molar-refractivity contribution >= 4 is 22.4 Å². The normalized spacial score (nSPS) is 10.7. The molecule has 2 aromatic heterocycles.